The number of hydrogen-bond donors (Lipinski definition) is 0. The van der Waals surface area contributed by atoms with Gasteiger partial charge in [-0.3, -0.25) is 9.48 Å². The van der Waals surface area contributed by atoms with Crippen molar-refractivity contribution in [3.63, 3.8) is 0 Å². The number of halogens is 2. The summed E-state index contributed by atoms with van der Waals surface area (Å²) in [6.45, 7) is 2.77. The standard InChI is InChI=1S/C14H14F2N2O/c1-2-5-18-9-11(8-17-18)14(19)7-10-3-4-12(15)13(16)6-10/h3-4,6,8-9H,2,5,7H2,1H3. The first-order valence-electron chi connectivity index (χ1n) is 6.09. The molecule has 19 heavy (non-hydrogen) atoms. The van der Waals surface area contributed by atoms with Crippen molar-refractivity contribution >= 4 is 5.78 Å². The molecule has 0 aliphatic heterocycles. The molecular formula is C14H14F2N2O. The summed E-state index contributed by atoms with van der Waals surface area (Å²) in [6, 6.07) is 3.48. The molecule has 0 saturated heterocycles. The molecule has 0 radical (unpaired) electrons. The van der Waals surface area contributed by atoms with Gasteiger partial charge >= 0.3 is 0 Å². The number of benzene rings is 1. The first-order chi connectivity index (χ1) is 9.10. The molecule has 0 amide bonds. The summed E-state index contributed by atoms with van der Waals surface area (Å²) in [7, 11) is 0. The van der Waals surface area contributed by atoms with Gasteiger partial charge in [0.05, 0.1) is 11.8 Å². The maximum absolute atomic E-state index is 13.0. The lowest BCUT2D eigenvalue weighted by Crippen LogP contribution is -2.03. The quantitative estimate of drug-likeness (QED) is 0.778. The molecule has 0 unspecified atom stereocenters. The second kappa shape index (κ2) is 5.73. The summed E-state index contributed by atoms with van der Waals surface area (Å²) in [4.78, 5) is 12.0. The van der Waals surface area contributed by atoms with Gasteiger partial charge in [0.25, 0.3) is 0 Å². The smallest absolute Gasteiger partial charge is 0.170 e. The first-order valence-corrected chi connectivity index (χ1v) is 6.09. The fourth-order valence-corrected chi connectivity index (χ4v) is 1.80. The third-order valence-corrected chi connectivity index (χ3v) is 2.76. The highest BCUT2D eigenvalue weighted by Gasteiger charge is 2.11. The molecule has 3 nitrogen and oxygen atoms in total. The van der Waals surface area contributed by atoms with E-state index in [4.69, 9.17) is 0 Å². The van der Waals surface area contributed by atoms with Gasteiger partial charge in [-0.25, -0.2) is 8.78 Å². The van der Waals surface area contributed by atoms with E-state index in [0.717, 1.165) is 25.1 Å². The van der Waals surface area contributed by atoms with E-state index in [1.54, 1.807) is 10.9 Å². The minimum Gasteiger partial charge on any atom is -0.294 e. The molecule has 0 N–H and O–H groups in total. The molecule has 100 valence electrons. The molecule has 0 aliphatic carbocycles. The number of aromatic nitrogens is 2. The van der Waals surface area contributed by atoms with Crippen LogP contribution in [0.5, 0.6) is 0 Å². The number of carbonyl (C=O) groups is 1. The van der Waals surface area contributed by atoms with Crippen LogP contribution in [0, 0.1) is 11.6 Å². The van der Waals surface area contributed by atoms with Gasteiger partial charge in [0.15, 0.2) is 17.4 Å². The summed E-state index contributed by atoms with van der Waals surface area (Å²) < 4.78 is 27.5. The topological polar surface area (TPSA) is 34.9 Å². The molecule has 2 rings (SSSR count). The van der Waals surface area contributed by atoms with Gasteiger partial charge in [0.2, 0.25) is 0 Å². The molecule has 0 bridgehead atoms. The van der Waals surface area contributed by atoms with Gasteiger partial charge < -0.3 is 0 Å². The van der Waals surface area contributed by atoms with E-state index in [2.05, 4.69) is 5.10 Å². The van der Waals surface area contributed by atoms with Crippen molar-refractivity contribution in [2.45, 2.75) is 26.3 Å². The highest BCUT2D eigenvalue weighted by molar-refractivity contribution is 5.97. The minimum atomic E-state index is -0.938. The van der Waals surface area contributed by atoms with Gasteiger partial charge in [-0.05, 0) is 24.1 Å². The van der Waals surface area contributed by atoms with Crippen molar-refractivity contribution in [2.75, 3.05) is 0 Å². The molecular weight excluding hydrogens is 250 g/mol. The summed E-state index contributed by atoms with van der Waals surface area (Å²) >= 11 is 0. The van der Waals surface area contributed by atoms with Gasteiger partial charge in [0, 0.05) is 19.2 Å². The van der Waals surface area contributed by atoms with E-state index in [1.165, 1.54) is 12.3 Å². The molecule has 0 fully saturated rings. The molecule has 0 spiro atoms. The van der Waals surface area contributed by atoms with Gasteiger partial charge in [-0.15, -0.1) is 0 Å². The van der Waals surface area contributed by atoms with Crippen molar-refractivity contribution in [3.8, 4) is 0 Å². The Morgan fingerprint density at radius 2 is 2.11 bits per heavy atom. The number of ketones is 1. The maximum atomic E-state index is 13.0. The Hall–Kier alpha value is -2.04. The Morgan fingerprint density at radius 1 is 1.32 bits per heavy atom. The van der Waals surface area contributed by atoms with Crippen LogP contribution < -0.4 is 0 Å². The fourth-order valence-electron chi connectivity index (χ4n) is 1.80. The molecule has 0 aliphatic rings. The second-order valence-electron chi connectivity index (χ2n) is 4.34. The third-order valence-electron chi connectivity index (χ3n) is 2.76. The van der Waals surface area contributed by atoms with E-state index in [0.29, 0.717) is 11.1 Å². The second-order valence-corrected chi connectivity index (χ2v) is 4.34. The van der Waals surface area contributed by atoms with Crippen molar-refractivity contribution < 1.29 is 13.6 Å². The molecule has 1 aromatic carbocycles. The number of Topliss-reactive ketones (excluding diaryl/α,β-unsaturated/α-hetero) is 1. The lowest BCUT2D eigenvalue weighted by molar-refractivity contribution is 0.0993. The lowest BCUT2D eigenvalue weighted by Gasteiger charge is -2.00. The van der Waals surface area contributed by atoms with E-state index in [9.17, 15) is 13.6 Å². The van der Waals surface area contributed by atoms with Gasteiger partial charge in [-0.2, -0.15) is 5.10 Å². The first kappa shape index (κ1) is 13.4. The van der Waals surface area contributed by atoms with E-state index in [-0.39, 0.29) is 12.2 Å². The zero-order chi connectivity index (χ0) is 13.8. The highest BCUT2D eigenvalue weighted by atomic mass is 19.2. The predicted octanol–water partition coefficient (Wildman–Crippen LogP) is 3.00. The average Bonchev–Trinajstić information content (AvgIpc) is 2.83. The van der Waals surface area contributed by atoms with Crippen LogP contribution in [0.25, 0.3) is 0 Å². The third kappa shape index (κ3) is 3.24. The largest absolute Gasteiger partial charge is 0.294 e. The number of carbonyl (C=O) groups excluding carboxylic acids is 1. The Morgan fingerprint density at radius 3 is 2.79 bits per heavy atom. The normalized spacial score (nSPS) is 10.7. The molecule has 5 heteroatoms. The summed E-state index contributed by atoms with van der Waals surface area (Å²) in [5.74, 6) is -2.01. The van der Waals surface area contributed by atoms with Crippen LogP contribution >= 0.6 is 0 Å². The lowest BCUT2D eigenvalue weighted by atomic mass is 10.1. The number of rotatable bonds is 5. The Bertz CT molecular complexity index is 593. The van der Waals surface area contributed by atoms with Crippen LogP contribution in [-0.2, 0) is 13.0 Å². The van der Waals surface area contributed by atoms with E-state index >= 15 is 0 Å². The van der Waals surface area contributed by atoms with Crippen LogP contribution in [0.1, 0.15) is 29.3 Å². The Kier molecular flexibility index (Phi) is 4.04. The zero-order valence-electron chi connectivity index (χ0n) is 10.6. The van der Waals surface area contributed by atoms with Crippen molar-refractivity contribution in [1.29, 1.82) is 0 Å². The van der Waals surface area contributed by atoms with Crippen LogP contribution in [0.4, 0.5) is 8.78 Å². The predicted molar refractivity (Wildman–Crippen MR) is 66.9 cm³/mol. The van der Waals surface area contributed by atoms with Crippen molar-refractivity contribution in [2.24, 2.45) is 0 Å². The molecule has 0 saturated carbocycles. The number of hydrogen-bond acceptors (Lipinski definition) is 2. The van der Waals surface area contributed by atoms with Crippen LogP contribution in [0.2, 0.25) is 0 Å². The molecule has 1 heterocycles. The highest BCUT2D eigenvalue weighted by Crippen LogP contribution is 2.12. The average molecular weight is 264 g/mol. The zero-order valence-corrected chi connectivity index (χ0v) is 10.6. The number of aryl methyl sites for hydroxylation is 1. The van der Waals surface area contributed by atoms with Gasteiger partial charge in [-0.1, -0.05) is 13.0 Å². The minimum absolute atomic E-state index is 0.0367. The molecule has 1 aromatic heterocycles. The van der Waals surface area contributed by atoms with E-state index in [1.807, 2.05) is 6.92 Å². The summed E-state index contributed by atoms with van der Waals surface area (Å²) in [5.41, 5.74) is 0.935. The van der Waals surface area contributed by atoms with Gasteiger partial charge in [0.1, 0.15) is 0 Å². The van der Waals surface area contributed by atoms with E-state index < -0.39 is 11.6 Å². The van der Waals surface area contributed by atoms with Crippen molar-refractivity contribution in [3.05, 3.63) is 53.4 Å². The Balaban J connectivity index is 2.09. The maximum Gasteiger partial charge on any atom is 0.170 e. The Labute approximate surface area is 109 Å². The summed E-state index contributed by atoms with van der Waals surface area (Å²) in [6.07, 6.45) is 4.14. The fraction of sp³-hybridized carbons (Fsp3) is 0.286. The van der Waals surface area contributed by atoms with Crippen LogP contribution in [0.3, 0.4) is 0 Å². The number of nitrogens with zero attached hydrogens (tertiary/aromatic N) is 2. The summed E-state index contributed by atoms with van der Waals surface area (Å²) in [5, 5.41) is 4.06. The monoisotopic (exact) mass is 264 g/mol. The molecule has 0 atom stereocenters. The van der Waals surface area contributed by atoms with Crippen LogP contribution in [-0.4, -0.2) is 15.6 Å². The van der Waals surface area contributed by atoms with Crippen LogP contribution in [0.15, 0.2) is 30.6 Å². The molecule has 2 aromatic rings. The SMILES string of the molecule is CCCn1cc(C(=O)Cc2ccc(F)c(F)c2)cn1. The van der Waals surface area contributed by atoms with Crippen molar-refractivity contribution in [1.82, 2.24) is 9.78 Å².